The van der Waals surface area contributed by atoms with Crippen molar-refractivity contribution in [1.82, 2.24) is 0 Å². The summed E-state index contributed by atoms with van der Waals surface area (Å²) in [5, 5.41) is 11.2. The fourth-order valence-electron chi connectivity index (χ4n) is 4.18. The summed E-state index contributed by atoms with van der Waals surface area (Å²) < 4.78 is 11.1. The average Bonchev–Trinajstić information content (AvgIpc) is 3.10. The highest BCUT2D eigenvalue weighted by molar-refractivity contribution is 6.51. The van der Waals surface area contributed by atoms with Gasteiger partial charge in [-0.1, -0.05) is 35.9 Å². The number of anilines is 1. The van der Waals surface area contributed by atoms with Gasteiger partial charge in [0.05, 0.1) is 24.8 Å². The Morgan fingerprint density at radius 3 is 2.24 bits per heavy atom. The Hall–Kier alpha value is -4.06. The number of Topliss-reactive ketones (excluding diaryl/α,β-unsaturated/α-hetero) is 1. The van der Waals surface area contributed by atoms with Crippen molar-refractivity contribution in [2.45, 2.75) is 26.8 Å². The van der Waals surface area contributed by atoms with Crippen molar-refractivity contribution < 1.29 is 24.2 Å². The molecule has 1 amide bonds. The van der Waals surface area contributed by atoms with E-state index in [-0.39, 0.29) is 11.3 Å². The summed E-state index contributed by atoms with van der Waals surface area (Å²) in [6.45, 7) is 6.70. The van der Waals surface area contributed by atoms with Gasteiger partial charge in [-0.3, -0.25) is 14.5 Å². The molecule has 0 radical (unpaired) electrons. The number of ketones is 1. The van der Waals surface area contributed by atoms with E-state index in [9.17, 15) is 14.7 Å². The molecule has 3 aromatic rings. The quantitative estimate of drug-likeness (QED) is 0.291. The van der Waals surface area contributed by atoms with Crippen LogP contribution in [0.4, 0.5) is 5.69 Å². The summed E-state index contributed by atoms with van der Waals surface area (Å²) in [6, 6.07) is 20.7. The van der Waals surface area contributed by atoms with Gasteiger partial charge in [0.25, 0.3) is 11.7 Å². The zero-order valence-corrected chi connectivity index (χ0v) is 19.4. The number of aryl methyl sites for hydroxylation is 1. The van der Waals surface area contributed by atoms with Crippen LogP contribution in [0.15, 0.2) is 78.4 Å². The van der Waals surface area contributed by atoms with Crippen molar-refractivity contribution in [2.24, 2.45) is 0 Å². The summed E-state index contributed by atoms with van der Waals surface area (Å²) >= 11 is 0. The number of rotatable bonds is 7. The molecule has 0 aliphatic carbocycles. The molecule has 6 nitrogen and oxygen atoms in total. The predicted molar refractivity (Wildman–Crippen MR) is 131 cm³/mol. The van der Waals surface area contributed by atoms with Gasteiger partial charge in [0, 0.05) is 17.3 Å². The van der Waals surface area contributed by atoms with Crippen LogP contribution in [-0.2, 0) is 9.59 Å². The molecule has 1 unspecified atom stereocenters. The minimum atomic E-state index is -0.789. The van der Waals surface area contributed by atoms with Gasteiger partial charge in [-0.25, -0.2) is 0 Å². The van der Waals surface area contributed by atoms with E-state index in [4.69, 9.17) is 9.47 Å². The van der Waals surface area contributed by atoms with Crippen molar-refractivity contribution in [3.05, 3.63) is 95.1 Å². The highest BCUT2D eigenvalue weighted by Crippen LogP contribution is 2.43. The number of carbonyl (C=O) groups is 2. The minimum Gasteiger partial charge on any atom is -0.507 e. The third-order valence-electron chi connectivity index (χ3n) is 5.65. The monoisotopic (exact) mass is 457 g/mol. The molecule has 0 saturated carbocycles. The summed E-state index contributed by atoms with van der Waals surface area (Å²) in [5.74, 6) is -0.414. The van der Waals surface area contributed by atoms with Gasteiger partial charge in [0.15, 0.2) is 0 Å². The molecule has 174 valence electrons. The second kappa shape index (κ2) is 9.83. The number of carbonyl (C=O) groups excluding carboxylic acids is 2. The number of aliphatic hydroxyl groups is 1. The first-order valence-corrected chi connectivity index (χ1v) is 11.3. The number of ether oxygens (including phenoxy) is 2. The molecule has 1 aliphatic heterocycles. The van der Waals surface area contributed by atoms with E-state index < -0.39 is 17.7 Å². The molecule has 0 bridgehead atoms. The van der Waals surface area contributed by atoms with Crippen LogP contribution in [0.1, 0.15) is 36.6 Å². The van der Waals surface area contributed by atoms with Crippen molar-refractivity contribution in [3.8, 4) is 11.5 Å². The van der Waals surface area contributed by atoms with Gasteiger partial charge in [0.2, 0.25) is 0 Å². The third-order valence-corrected chi connectivity index (χ3v) is 5.65. The van der Waals surface area contributed by atoms with Crippen LogP contribution >= 0.6 is 0 Å². The Bertz CT molecular complexity index is 1250. The Kier molecular flexibility index (Phi) is 6.68. The van der Waals surface area contributed by atoms with Crippen LogP contribution in [-0.4, -0.2) is 30.0 Å². The summed E-state index contributed by atoms with van der Waals surface area (Å²) in [6.07, 6.45) is 0. The Morgan fingerprint density at radius 1 is 0.882 bits per heavy atom. The van der Waals surface area contributed by atoms with E-state index in [0.717, 1.165) is 11.1 Å². The third kappa shape index (κ3) is 4.39. The molecule has 1 N–H and O–H groups in total. The van der Waals surface area contributed by atoms with E-state index in [1.165, 1.54) is 4.90 Å². The van der Waals surface area contributed by atoms with E-state index in [0.29, 0.717) is 36.0 Å². The number of benzene rings is 3. The number of hydrogen-bond acceptors (Lipinski definition) is 5. The van der Waals surface area contributed by atoms with Gasteiger partial charge >= 0.3 is 0 Å². The first-order chi connectivity index (χ1) is 16.4. The first-order valence-electron chi connectivity index (χ1n) is 11.3. The highest BCUT2D eigenvalue weighted by atomic mass is 16.5. The number of nitrogens with zero attached hydrogens (tertiary/aromatic N) is 1. The molecule has 4 rings (SSSR count). The maximum Gasteiger partial charge on any atom is 0.300 e. The molecule has 34 heavy (non-hydrogen) atoms. The molecular weight excluding hydrogens is 430 g/mol. The molecule has 0 aromatic heterocycles. The summed E-state index contributed by atoms with van der Waals surface area (Å²) in [4.78, 5) is 28.0. The lowest BCUT2D eigenvalue weighted by atomic mass is 9.94. The van der Waals surface area contributed by atoms with Crippen LogP contribution in [0.5, 0.6) is 11.5 Å². The molecule has 3 aromatic carbocycles. The molecule has 1 aliphatic rings. The maximum atomic E-state index is 13.3. The molecule has 1 atom stereocenters. The summed E-state index contributed by atoms with van der Waals surface area (Å²) in [5.41, 5.74) is 2.70. The SMILES string of the molecule is CCOc1ccc(/C(O)=C2\C(=O)C(=O)N(c3cccc(OCC)c3)C2c2cccc(C)c2)cc1. The van der Waals surface area contributed by atoms with Crippen LogP contribution in [0, 0.1) is 6.92 Å². The Morgan fingerprint density at radius 2 is 1.56 bits per heavy atom. The smallest absolute Gasteiger partial charge is 0.300 e. The van der Waals surface area contributed by atoms with Crippen molar-refractivity contribution in [2.75, 3.05) is 18.1 Å². The first kappa shape index (κ1) is 23.1. The fourth-order valence-corrected chi connectivity index (χ4v) is 4.18. The summed E-state index contributed by atoms with van der Waals surface area (Å²) in [7, 11) is 0. The standard InChI is InChI=1S/C28H27NO5/c1-4-33-22-14-12-19(13-15-22)26(30)24-25(20-9-6-8-18(3)16-20)29(28(32)27(24)31)21-10-7-11-23(17-21)34-5-2/h6-17,25,30H,4-5H2,1-3H3/b26-24+. The van der Waals surface area contributed by atoms with Gasteiger partial charge < -0.3 is 14.6 Å². The Balaban J connectivity index is 1.88. The molecule has 0 spiro atoms. The predicted octanol–water partition coefficient (Wildman–Crippen LogP) is 5.42. The van der Waals surface area contributed by atoms with Crippen molar-refractivity contribution in [1.29, 1.82) is 0 Å². The van der Waals surface area contributed by atoms with Crippen molar-refractivity contribution >= 4 is 23.1 Å². The van der Waals surface area contributed by atoms with Gasteiger partial charge in [-0.05, 0) is 62.7 Å². The van der Waals surface area contributed by atoms with E-state index >= 15 is 0 Å². The lowest BCUT2D eigenvalue weighted by Crippen LogP contribution is -2.29. The number of hydrogen-bond donors (Lipinski definition) is 1. The molecular formula is C28H27NO5. The second-order valence-electron chi connectivity index (χ2n) is 7.97. The Labute approximate surface area is 199 Å². The molecule has 1 saturated heterocycles. The zero-order valence-electron chi connectivity index (χ0n) is 19.4. The molecule has 6 heteroatoms. The van der Waals surface area contributed by atoms with Crippen molar-refractivity contribution in [3.63, 3.8) is 0 Å². The lowest BCUT2D eigenvalue weighted by molar-refractivity contribution is -0.132. The van der Waals surface area contributed by atoms with Gasteiger partial charge in [-0.2, -0.15) is 0 Å². The van der Waals surface area contributed by atoms with E-state index in [1.807, 2.05) is 45.0 Å². The zero-order chi connectivity index (χ0) is 24.2. The second-order valence-corrected chi connectivity index (χ2v) is 7.97. The molecule has 1 fully saturated rings. The van der Waals surface area contributed by atoms with E-state index in [1.54, 1.807) is 48.5 Å². The van der Waals surface area contributed by atoms with Crippen LogP contribution < -0.4 is 14.4 Å². The highest BCUT2D eigenvalue weighted by Gasteiger charge is 2.47. The minimum absolute atomic E-state index is 0.0431. The van der Waals surface area contributed by atoms with Crippen LogP contribution in [0.2, 0.25) is 0 Å². The lowest BCUT2D eigenvalue weighted by Gasteiger charge is -2.26. The molecule has 1 heterocycles. The van der Waals surface area contributed by atoms with E-state index in [2.05, 4.69) is 0 Å². The van der Waals surface area contributed by atoms with Gasteiger partial charge in [-0.15, -0.1) is 0 Å². The average molecular weight is 458 g/mol. The van der Waals surface area contributed by atoms with Crippen LogP contribution in [0.3, 0.4) is 0 Å². The number of amides is 1. The largest absolute Gasteiger partial charge is 0.507 e. The maximum absolute atomic E-state index is 13.3. The van der Waals surface area contributed by atoms with Gasteiger partial charge in [0.1, 0.15) is 17.3 Å². The topological polar surface area (TPSA) is 76.1 Å². The fraction of sp³-hybridized carbons (Fsp3) is 0.214. The normalized spacial score (nSPS) is 17.1. The number of aliphatic hydroxyl groups excluding tert-OH is 1. The van der Waals surface area contributed by atoms with Crippen LogP contribution in [0.25, 0.3) is 5.76 Å².